The molecule has 2 aromatic heterocycles. The molecule has 0 aliphatic rings. The molecule has 312 valence electrons. The van der Waals surface area contributed by atoms with Crippen molar-refractivity contribution in [1.82, 2.24) is 14.5 Å². The van der Waals surface area contributed by atoms with E-state index in [2.05, 4.69) is 143 Å². The minimum atomic E-state index is -1.12. The number of aromatic hydroxyl groups is 1. The van der Waals surface area contributed by atoms with Gasteiger partial charge in [0.25, 0.3) is 0 Å². The summed E-state index contributed by atoms with van der Waals surface area (Å²) in [6, 6.07) is 48.0. The van der Waals surface area contributed by atoms with Gasteiger partial charge in [0.1, 0.15) is 11.6 Å². The largest absolute Gasteiger partial charge is 0.507 e. The maximum Gasteiger partial charge on any atom is 0.148 e. The number of fused-ring (bicyclic) bond motifs is 1. The summed E-state index contributed by atoms with van der Waals surface area (Å²) in [5, 5.41) is 23.2. The molecule has 5 nitrogen and oxygen atoms in total. The van der Waals surface area contributed by atoms with E-state index < -0.39 is 5.60 Å². The number of aliphatic hydroxyl groups is 1. The van der Waals surface area contributed by atoms with Gasteiger partial charge in [-0.1, -0.05) is 132 Å². The molecule has 6 heteroatoms. The van der Waals surface area contributed by atoms with Crippen molar-refractivity contribution in [2.45, 2.75) is 85.7 Å². The molecular weight excluding hydrogens is 930 g/mol. The molecule has 0 fully saturated rings. The summed E-state index contributed by atoms with van der Waals surface area (Å²) in [7, 11) is 0. The molecule has 0 aliphatic carbocycles. The predicted molar refractivity (Wildman–Crippen MR) is 249 cm³/mol. The summed E-state index contributed by atoms with van der Waals surface area (Å²) in [4.78, 5) is 10.3. The molecular formula is C55H54N3O2Pt-. The Hall–Kier alpha value is -5.61. The molecule has 0 spiro atoms. The topological polar surface area (TPSA) is 71.2 Å². The van der Waals surface area contributed by atoms with E-state index in [-0.39, 0.29) is 37.6 Å². The van der Waals surface area contributed by atoms with Crippen molar-refractivity contribution in [1.29, 1.82) is 0 Å². The average molecular weight is 984 g/mol. The minimum Gasteiger partial charge on any atom is -0.507 e. The first kappa shape index (κ1) is 43.5. The van der Waals surface area contributed by atoms with Gasteiger partial charge < -0.3 is 10.2 Å². The maximum absolute atomic E-state index is 11.7. The Morgan fingerprint density at radius 3 is 1.92 bits per heavy atom. The van der Waals surface area contributed by atoms with Crippen LogP contribution in [0.2, 0.25) is 0 Å². The number of hydrogen-bond acceptors (Lipinski definition) is 4. The number of nitrogens with zero attached hydrogens (tertiary/aromatic N) is 3. The van der Waals surface area contributed by atoms with Gasteiger partial charge in [0.05, 0.1) is 22.2 Å². The van der Waals surface area contributed by atoms with Crippen LogP contribution in [0.4, 0.5) is 0 Å². The monoisotopic (exact) mass is 983 g/mol. The molecule has 0 saturated carbocycles. The molecule has 0 radical (unpaired) electrons. The molecule has 0 aliphatic heterocycles. The summed E-state index contributed by atoms with van der Waals surface area (Å²) in [5.74, 6) is 0.788. The molecule has 0 atom stereocenters. The van der Waals surface area contributed by atoms with Crippen molar-refractivity contribution in [3.8, 4) is 67.5 Å². The number of aryl methyl sites for hydroxylation is 2. The summed E-state index contributed by atoms with van der Waals surface area (Å²) in [5.41, 5.74) is 14.7. The van der Waals surface area contributed by atoms with E-state index in [1.807, 2.05) is 70.3 Å². The average Bonchev–Trinajstić information content (AvgIpc) is 3.61. The molecule has 0 bridgehead atoms. The number of para-hydroxylation sites is 1. The van der Waals surface area contributed by atoms with Gasteiger partial charge in [-0.2, -0.15) is 0 Å². The van der Waals surface area contributed by atoms with Crippen LogP contribution in [-0.2, 0) is 37.5 Å². The van der Waals surface area contributed by atoms with E-state index in [0.717, 1.165) is 83.6 Å². The first-order valence-electron chi connectivity index (χ1n) is 20.8. The number of rotatable bonds is 7. The third-order valence-electron chi connectivity index (χ3n) is 11.5. The molecule has 61 heavy (non-hydrogen) atoms. The summed E-state index contributed by atoms with van der Waals surface area (Å²) < 4.78 is 2.12. The zero-order valence-corrected chi connectivity index (χ0v) is 39.0. The molecule has 6 aromatic carbocycles. The Kier molecular flexibility index (Phi) is 11.6. The van der Waals surface area contributed by atoms with Crippen molar-refractivity contribution in [2.24, 2.45) is 0 Å². The van der Waals surface area contributed by atoms with Gasteiger partial charge in [-0.05, 0) is 119 Å². The Morgan fingerprint density at radius 1 is 0.574 bits per heavy atom. The quantitative estimate of drug-likeness (QED) is 0.156. The molecule has 2 N–H and O–H groups in total. The van der Waals surface area contributed by atoms with Gasteiger partial charge in [-0.3, -0.25) is 9.55 Å². The first-order chi connectivity index (χ1) is 28.3. The number of benzene rings is 6. The van der Waals surface area contributed by atoms with E-state index in [4.69, 9.17) is 9.97 Å². The van der Waals surface area contributed by atoms with E-state index in [9.17, 15) is 10.2 Å². The fourth-order valence-corrected chi connectivity index (χ4v) is 7.99. The smallest absolute Gasteiger partial charge is 0.148 e. The van der Waals surface area contributed by atoms with Gasteiger partial charge >= 0.3 is 0 Å². The van der Waals surface area contributed by atoms with Crippen LogP contribution in [-0.4, -0.2) is 24.7 Å². The van der Waals surface area contributed by atoms with E-state index in [0.29, 0.717) is 11.4 Å². The SMILES string of the molecule is Cc1cc(C)c(O)c(-c2nc3c(-c4[c-]c(-c5cc(-c6ccc(C(C)(C)C)cc6)ccn5)cc(C(C)(C)C)c4)cccc3n2-c2cc(-c3ccccc3)cc(C(C)(C)O)c2)c1.[Pt]. The van der Waals surface area contributed by atoms with Crippen LogP contribution in [0.25, 0.3) is 72.7 Å². The number of phenolic OH excluding ortho intramolecular Hbond substituents is 1. The minimum absolute atomic E-state index is 0. The fourth-order valence-electron chi connectivity index (χ4n) is 7.99. The van der Waals surface area contributed by atoms with Crippen LogP contribution < -0.4 is 0 Å². The molecule has 8 rings (SSSR count). The van der Waals surface area contributed by atoms with Crippen LogP contribution in [0.15, 0.2) is 134 Å². The number of aromatic nitrogens is 3. The van der Waals surface area contributed by atoms with Crippen molar-refractivity contribution in [3.05, 3.63) is 167 Å². The van der Waals surface area contributed by atoms with E-state index >= 15 is 0 Å². The predicted octanol–water partition coefficient (Wildman–Crippen LogP) is 13.7. The van der Waals surface area contributed by atoms with Crippen molar-refractivity contribution in [3.63, 3.8) is 0 Å². The third kappa shape index (κ3) is 8.78. The summed E-state index contributed by atoms with van der Waals surface area (Å²) in [6.45, 7) is 21.0. The molecule has 0 unspecified atom stereocenters. The van der Waals surface area contributed by atoms with Gasteiger partial charge in [0, 0.05) is 38.6 Å². The van der Waals surface area contributed by atoms with Crippen molar-refractivity contribution in [2.75, 3.05) is 0 Å². The second-order valence-electron chi connectivity index (χ2n) is 18.8. The second-order valence-corrected chi connectivity index (χ2v) is 18.8. The Bertz CT molecular complexity index is 2890. The summed E-state index contributed by atoms with van der Waals surface area (Å²) in [6.07, 6.45) is 1.88. The van der Waals surface area contributed by atoms with E-state index in [1.165, 1.54) is 5.56 Å². The zero-order chi connectivity index (χ0) is 42.7. The van der Waals surface area contributed by atoms with Gasteiger partial charge in [0.15, 0.2) is 0 Å². The Morgan fingerprint density at radius 2 is 1.25 bits per heavy atom. The number of imidazole rings is 1. The van der Waals surface area contributed by atoms with Gasteiger partial charge in [0.2, 0.25) is 0 Å². The van der Waals surface area contributed by atoms with Crippen molar-refractivity contribution < 1.29 is 31.3 Å². The van der Waals surface area contributed by atoms with Crippen LogP contribution in [0.3, 0.4) is 0 Å². The van der Waals surface area contributed by atoms with Crippen LogP contribution in [0.1, 0.15) is 83.2 Å². The number of pyridine rings is 1. The third-order valence-corrected chi connectivity index (χ3v) is 11.5. The van der Waals surface area contributed by atoms with Crippen molar-refractivity contribution >= 4 is 11.0 Å². The first-order valence-corrected chi connectivity index (χ1v) is 20.8. The van der Waals surface area contributed by atoms with Crippen LogP contribution in [0.5, 0.6) is 5.75 Å². The fraction of sp³-hybridized carbons (Fsp3) is 0.236. The number of phenols is 1. The normalized spacial score (nSPS) is 12.1. The molecule has 0 saturated heterocycles. The Balaban J connectivity index is 0.00000561. The van der Waals surface area contributed by atoms with Crippen LogP contribution in [0, 0.1) is 19.9 Å². The molecule has 0 amide bonds. The number of hydrogen-bond donors (Lipinski definition) is 2. The standard InChI is InChI=1S/C55H54N3O2.Pt/c1-34-25-35(2)51(59)47(26-34)52-57-50-46(17-14-18-49(50)58(52)45-31-39(36-15-12-11-13-16-36)28-44(33-45)55(9,10)60)40-27-41(30-43(29-40)54(6,7)8)48-32-38(23-24-56-48)37-19-21-42(22-20-37)53(3,4)5;/h11-26,28-33,59-60H,1-10H3;/q-1;. The zero-order valence-electron chi connectivity index (χ0n) is 36.8. The van der Waals surface area contributed by atoms with Gasteiger partial charge in [-0.15, -0.1) is 29.3 Å². The second kappa shape index (κ2) is 16.3. The van der Waals surface area contributed by atoms with Crippen LogP contribution >= 0.6 is 0 Å². The van der Waals surface area contributed by atoms with Gasteiger partial charge in [-0.25, -0.2) is 4.98 Å². The Labute approximate surface area is 375 Å². The molecule has 8 aromatic rings. The summed E-state index contributed by atoms with van der Waals surface area (Å²) >= 11 is 0. The molecule has 2 heterocycles. The van der Waals surface area contributed by atoms with E-state index in [1.54, 1.807) is 0 Å². The maximum atomic E-state index is 11.7.